The van der Waals surface area contributed by atoms with Crippen LogP contribution in [0, 0.1) is 5.92 Å². The van der Waals surface area contributed by atoms with Crippen molar-refractivity contribution in [2.24, 2.45) is 5.92 Å². The van der Waals surface area contributed by atoms with Crippen LogP contribution in [0.5, 0.6) is 5.75 Å². The first-order valence-electron chi connectivity index (χ1n) is 12.6. The Morgan fingerprint density at radius 1 is 1.16 bits per heavy atom. The van der Waals surface area contributed by atoms with E-state index in [2.05, 4.69) is 29.2 Å². The number of benzene rings is 2. The van der Waals surface area contributed by atoms with Gasteiger partial charge >= 0.3 is 0 Å². The van der Waals surface area contributed by atoms with E-state index in [0.29, 0.717) is 40.7 Å². The van der Waals surface area contributed by atoms with Crippen LogP contribution >= 0.6 is 11.6 Å². The predicted octanol–water partition coefficient (Wildman–Crippen LogP) is 5.22. The second-order valence-corrected chi connectivity index (χ2v) is 10.5. The SMILES string of the molecule is CC(C)N1C[C@H](C)[C@@H](CN(C)Cc2ccc(Cl)cc2)Oc2c(cccc2C(O)Nc2ccncc2)C1=O. The van der Waals surface area contributed by atoms with Gasteiger partial charge in [0.1, 0.15) is 11.9 Å². The molecular weight excluding hydrogens is 488 g/mol. The van der Waals surface area contributed by atoms with Gasteiger partial charge in [-0.15, -0.1) is 0 Å². The fraction of sp³-hybridized carbons (Fsp3) is 0.379. The Hall–Kier alpha value is -3.13. The number of pyridine rings is 1. The van der Waals surface area contributed by atoms with Crippen molar-refractivity contribution in [2.45, 2.75) is 45.7 Å². The Morgan fingerprint density at radius 3 is 2.54 bits per heavy atom. The summed E-state index contributed by atoms with van der Waals surface area (Å²) >= 11 is 6.05. The molecule has 1 aliphatic rings. The summed E-state index contributed by atoms with van der Waals surface area (Å²) in [6, 6.07) is 16.8. The number of rotatable bonds is 8. The Labute approximate surface area is 224 Å². The molecule has 7 nitrogen and oxygen atoms in total. The fourth-order valence-corrected chi connectivity index (χ4v) is 4.75. The highest BCUT2D eigenvalue weighted by molar-refractivity contribution is 6.30. The third kappa shape index (κ3) is 6.60. The van der Waals surface area contributed by atoms with Crippen molar-refractivity contribution in [3.63, 3.8) is 0 Å². The average molecular weight is 523 g/mol. The maximum absolute atomic E-state index is 13.6. The first kappa shape index (κ1) is 26.9. The van der Waals surface area contributed by atoms with E-state index in [1.54, 1.807) is 42.7 Å². The van der Waals surface area contributed by atoms with Gasteiger partial charge in [0.25, 0.3) is 5.91 Å². The lowest BCUT2D eigenvalue weighted by atomic mass is 9.97. The van der Waals surface area contributed by atoms with Crippen molar-refractivity contribution in [1.82, 2.24) is 14.8 Å². The van der Waals surface area contributed by atoms with E-state index in [9.17, 15) is 9.90 Å². The summed E-state index contributed by atoms with van der Waals surface area (Å²) in [4.78, 5) is 21.8. The minimum atomic E-state index is -1.07. The third-order valence-corrected chi connectivity index (χ3v) is 6.94. The van der Waals surface area contributed by atoms with Crippen LogP contribution in [0.3, 0.4) is 0 Å². The number of nitrogens with zero attached hydrogens (tertiary/aromatic N) is 3. The van der Waals surface area contributed by atoms with Gasteiger partial charge in [0, 0.05) is 60.3 Å². The second kappa shape index (κ2) is 11.9. The summed E-state index contributed by atoms with van der Waals surface area (Å²) in [5.74, 6) is 0.386. The van der Waals surface area contributed by atoms with Crippen LogP contribution in [0.2, 0.25) is 5.02 Å². The molecule has 0 saturated carbocycles. The molecule has 0 saturated heterocycles. The molecule has 4 rings (SSSR count). The number of amides is 1. The monoisotopic (exact) mass is 522 g/mol. The molecule has 0 spiro atoms. The molecule has 8 heteroatoms. The van der Waals surface area contributed by atoms with Gasteiger partial charge in [0.05, 0.1) is 5.56 Å². The molecule has 1 amide bonds. The molecule has 3 atom stereocenters. The maximum Gasteiger partial charge on any atom is 0.257 e. The molecular formula is C29H35ClN4O3. The quantitative estimate of drug-likeness (QED) is 0.395. The molecule has 0 radical (unpaired) electrons. The van der Waals surface area contributed by atoms with Gasteiger partial charge in [-0.05, 0) is 56.8 Å². The number of fused-ring (bicyclic) bond motifs is 1. The van der Waals surface area contributed by atoms with Gasteiger partial charge in [-0.2, -0.15) is 0 Å². The van der Waals surface area contributed by atoms with Crippen LogP contribution in [0.1, 0.15) is 48.5 Å². The van der Waals surface area contributed by atoms with E-state index < -0.39 is 6.23 Å². The zero-order valence-electron chi connectivity index (χ0n) is 21.8. The van der Waals surface area contributed by atoms with Crippen molar-refractivity contribution in [3.05, 3.63) is 88.7 Å². The van der Waals surface area contributed by atoms with Crippen molar-refractivity contribution < 1.29 is 14.6 Å². The molecule has 2 N–H and O–H groups in total. The van der Waals surface area contributed by atoms with Crippen molar-refractivity contribution >= 4 is 23.2 Å². The maximum atomic E-state index is 13.6. The normalized spacial score (nSPS) is 18.7. The number of aliphatic hydroxyl groups excluding tert-OH is 1. The number of aromatic nitrogens is 1. The molecule has 0 aliphatic carbocycles. The average Bonchev–Trinajstić information content (AvgIpc) is 2.87. The van der Waals surface area contributed by atoms with Gasteiger partial charge < -0.3 is 20.1 Å². The van der Waals surface area contributed by atoms with E-state index in [1.165, 1.54) is 0 Å². The van der Waals surface area contributed by atoms with Gasteiger partial charge in [-0.25, -0.2) is 0 Å². The third-order valence-electron chi connectivity index (χ3n) is 6.68. The molecule has 196 valence electrons. The number of aliphatic hydroxyl groups is 1. The molecule has 0 fully saturated rings. The number of anilines is 1. The number of halogens is 1. The molecule has 0 bridgehead atoms. The highest BCUT2D eigenvalue weighted by atomic mass is 35.5. The van der Waals surface area contributed by atoms with E-state index in [1.807, 2.05) is 43.0 Å². The number of hydrogen-bond acceptors (Lipinski definition) is 6. The highest BCUT2D eigenvalue weighted by Crippen LogP contribution is 2.35. The number of nitrogens with one attached hydrogen (secondary N) is 1. The van der Waals surface area contributed by atoms with Crippen molar-refractivity contribution in [1.29, 1.82) is 0 Å². The predicted molar refractivity (Wildman–Crippen MR) is 147 cm³/mol. The van der Waals surface area contributed by atoms with Gasteiger partial charge in [-0.3, -0.25) is 14.7 Å². The Bertz CT molecular complexity index is 1190. The first-order valence-corrected chi connectivity index (χ1v) is 13.0. The summed E-state index contributed by atoms with van der Waals surface area (Å²) < 4.78 is 6.64. The largest absolute Gasteiger partial charge is 0.487 e. The highest BCUT2D eigenvalue weighted by Gasteiger charge is 2.34. The Morgan fingerprint density at radius 2 is 1.86 bits per heavy atom. The minimum Gasteiger partial charge on any atom is -0.487 e. The second-order valence-electron chi connectivity index (χ2n) is 10.0. The van der Waals surface area contributed by atoms with Crippen molar-refractivity contribution in [2.75, 3.05) is 25.5 Å². The van der Waals surface area contributed by atoms with Crippen LogP contribution < -0.4 is 10.1 Å². The van der Waals surface area contributed by atoms with Crippen molar-refractivity contribution in [3.8, 4) is 5.75 Å². The molecule has 2 heterocycles. The zero-order chi connectivity index (χ0) is 26.5. The lowest BCUT2D eigenvalue weighted by Crippen LogP contribution is -2.48. The van der Waals surface area contributed by atoms with Crippen LogP contribution in [-0.2, 0) is 6.54 Å². The Balaban J connectivity index is 1.65. The first-order chi connectivity index (χ1) is 17.7. The summed E-state index contributed by atoms with van der Waals surface area (Å²) in [6.45, 7) is 8.12. The molecule has 1 aliphatic heterocycles. The standard InChI is InChI=1S/C29H35ClN4O3/c1-19(2)34-16-20(3)26(18-33(4)17-21-8-10-22(30)11-9-21)37-27-24(6-5-7-25(27)29(34)36)28(35)32-23-12-14-31-15-13-23/h5-15,19-20,26,28,35H,16-18H2,1-4H3,(H,31,32)/t20-,26+,28?/m0/s1. The van der Waals surface area contributed by atoms with Crippen LogP contribution in [0.15, 0.2) is 67.0 Å². The lowest BCUT2D eigenvalue weighted by Gasteiger charge is -2.38. The van der Waals surface area contributed by atoms with Gasteiger partial charge in [0.15, 0.2) is 6.23 Å². The number of para-hydroxylation sites is 1. The van der Waals surface area contributed by atoms with Gasteiger partial charge in [0.2, 0.25) is 0 Å². The molecule has 1 unspecified atom stereocenters. The molecule has 3 aromatic rings. The number of hydrogen-bond donors (Lipinski definition) is 2. The number of carbonyl (C=O) groups is 1. The molecule has 37 heavy (non-hydrogen) atoms. The summed E-state index contributed by atoms with van der Waals surface area (Å²) in [7, 11) is 2.06. The smallest absolute Gasteiger partial charge is 0.257 e. The van der Waals surface area contributed by atoms with Crippen LogP contribution in [-0.4, -0.2) is 58.1 Å². The summed E-state index contributed by atoms with van der Waals surface area (Å²) in [5, 5.41) is 14.9. The summed E-state index contributed by atoms with van der Waals surface area (Å²) in [5.41, 5.74) is 2.85. The fourth-order valence-electron chi connectivity index (χ4n) is 4.62. The molecule has 2 aromatic carbocycles. The Kier molecular flexibility index (Phi) is 8.69. The van der Waals surface area contributed by atoms with Crippen LogP contribution in [0.25, 0.3) is 0 Å². The van der Waals surface area contributed by atoms with Crippen LogP contribution in [0.4, 0.5) is 5.69 Å². The van der Waals surface area contributed by atoms with E-state index in [-0.39, 0.29) is 24.0 Å². The number of ether oxygens (including phenoxy) is 1. The number of likely N-dealkylation sites (N-methyl/N-ethyl adjacent to an activating group) is 1. The van der Waals surface area contributed by atoms with E-state index >= 15 is 0 Å². The summed E-state index contributed by atoms with van der Waals surface area (Å²) in [6.07, 6.45) is 2.03. The molecule has 1 aromatic heterocycles. The van der Waals surface area contributed by atoms with E-state index in [0.717, 1.165) is 12.1 Å². The lowest BCUT2D eigenvalue weighted by molar-refractivity contribution is 0.0417. The minimum absolute atomic E-state index is 0.0249. The van der Waals surface area contributed by atoms with Gasteiger partial charge in [-0.1, -0.05) is 42.8 Å². The van der Waals surface area contributed by atoms with E-state index in [4.69, 9.17) is 16.3 Å². The topological polar surface area (TPSA) is 77.9 Å². The number of carbonyl (C=O) groups excluding carboxylic acids is 1. The zero-order valence-corrected chi connectivity index (χ0v) is 22.5.